The Labute approximate surface area is 111 Å². The molecule has 0 unspecified atom stereocenters. The number of hydrogen-bond donors (Lipinski definition) is 5. The van der Waals surface area contributed by atoms with Gasteiger partial charge in [0, 0.05) is 0 Å². The van der Waals surface area contributed by atoms with Gasteiger partial charge in [-0.15, -0.1) is 0 Å². The molecule has 0 saturated heterocycles. The normalized spacial score (nSPS) is 10.2. The second kappa shape index (κ2) is 5.50. The van der Waals surface area contributed by atoms with Crippen LogP contribution in [-0.2, 0) is 4.79 Å². The molecule has 0 atom stereocenters. The van der Waals surface area contributed by atoms with E-state index in [9.17, 15) is 9.59 Å². The van der Waals surface area contributed by atoms with Gasteiger partial charge in [-0.05, 0) is 18.2 Å². The van der Waals surface area contributed by atoms with Crippen LogP contribution >= 0.6 is 11.3 Å². The maximum absolute atomic E-state index is 11.4. The van der Waals surface area contributed by atoms with Crippen molar-refractivity contribution in [1.82, 2.24) is 10.3 Å². The zero-order valence-electron chi connectivity index (χ0n) is 9.51. The monoisotopic (exact) mass is 282 g/mol. The molecule has 1 aromatic carbocycles. The van der Waals surface area contributed by atoms with Gasteiger partial charge < -0.3 is 15.7 Å². The van der Waals surface area contributed by atoms with E-state index in [0.29, 0.717) is 16.3 Å². The van der Waals surface area contributed by atoms with Crippen molar-refractivity contribution in [1.29, 1.82) is 0 Å². The number of anilines is 2. The highest BCUT2D eigenvalue weighted by Gasteiger charge is 2.09. The standard InChI is InChI=1S/C10H10N4O4S/c15-8(4-11-10(16)17)13-9-12-6-2-1-5(14-18)3-7(6)19-9/h1-3,11,14,18H,4H2,(H,16,17)(H,12,13,15). The fraction of sp³-hybridized carbons (Fsp3) is 0.100. The molecule has 0 radical (unpaired) electrons. The van der Waals surface area contributed by atoms with Gasteiger partial charge in [-0.3, -0.25) is 15.5 Å². The van der Waals surface area contributed by atoms with Gasteiger partial charge in [0.25, 0.3) is 0 Å². The van der Waals surface area contributed by atoms with Crippen molar-refractivity contribution in [2.75, 3.05) is 17.3 Å². The molecular weight excluding hydrogens is 272 g/mol. The van der Waals surface area contributed by atoms with Crippen LogP contribution in [0, 0.1) is 0 Å². The molecule has 2 amide bonds. The molecule has 0 aliphatic rings. The molecule has 2 aromatic rings. The van der Waals surface area contributed by atoms with Crippen molar-refractivity contribution in [3.05, 3.63) is 18.2 Å². The van der Waals surface area contributed by atoms with E-state index in [1.165, 1.54) is 11.3 Å². The Morgan fingerprint density at radius 2 is 2.16 bits per heavy atom. The summed E-state index contributed by atoms with van der Waals surface area (Å²) < 4.78 is 0.778. The fourth-order valence-electron chi connectivity index (χ4n) is 1.37. The minimum absolute atomic E-state index is 0.339. The topological polar surface area (TPSA) is 124 Å². The number of benzene rings is 1. The first kappa shape index (κ1) is 13.1. The molecule has 100 valence electrons. The van der Waals surface area contributed by atoms with Crippen molar-refractivity contribution < 1.29 is 19.9 Å². The molecule has 19 heavy (non-hydrogen) atoms. The summed E-state index contributed by atoms with van der Waals surface area (Å²) in [5.41, 5.74) is 3.21. The predicted octanol–water partition coefficient (Wildman–Crippen LogP) is 1.30. The van der Waals surface area contributed by atoms with Crippen LogP contribution in [0.3, 0.4) is 0 Å². The van der Waals surface area contributed by atoms with Gasteiger partial charge in [0.05, 0.1) is 15.9 Å². The van der Waals surface area contributed by atoms with E-state index < -0.39 is 12.0 Å². The number of hydrogen-bond acceptors (Lipinski definition) is 6. The largest absolute Gasteiger partial charge is 0.465 e. The molecule has 8 nitrogen and oxygen atoms in total. The summed E-state index contributed by atoms with van der Waals surface area (Å²) in [6.07, 6.45) is -1.27. The van der Waals surface area contributed by atoms with E-state index in [1.807, 2.05) is 10.8 Å². The fourth-order valence-corrected chi connectivity index (χ4v) is 2.29. The van der Waals surface area contributed by atoms with Crippen molar-refractivity contribution in [2.45, 2.75) is 0 Å². The lowest BCUT2D eigenvalue weighted by molar-refractivity contribution is -0.115. The van der Waals surface area contributed by atoms with Crippen LogP contribution in [0.2, 0.25) is 0 Å². The molecule has 0 saturated carbocycles. The molecular formula is C10H10N4O4S. The number of nitrogens with one attached hydrogen (secondary N) is 3. The Morgan fingerprint density at radius 3 is 2.84 bits per heavy atom. The highest BCUT2D eigenvalue weighted by Crippen LogP contribution is 2.28. The van der Waals surface area contributed by atoms with Gasteiger partial charge >= 0.3 is 6.09 Å². The van der Waals surface area contributed by atoms with Crippen LogP contribution in [0.5, 0.6) is 0 Å². The summed E-state index contributed by atoms with van der Waals surface area (Å²) in [5, 5.41) is 21.9. The Balaban J connectivity index is 2.08. The summed E-state index contributed by atoms with van der Waals surface area (Å²) in [7, 11) is 0. The zero-order valence-corrected chi connectivity index (χ0v) is 10.3. The summed E-state index contributed by atoms with van der Waals surface area (Å²) in [4.78, 5) is 25.8. The highest BCUT2D eigenvalue weighted by molar-refractivity contribution is 7.22. The van der Waals surface area contributed by atoms with E-state index in [0.717, 1.165) is 4.70 Å². The van der Waals surface area contributed by atoms with Gasteiger partial charge in [-0.25, -0.2) is 9.78 Å². The Kier molecular flexibility index (Phi) is 3.78. The van der Waals surface area contributed by atoms with Crippen LogP contribution in [0.25, 0.3) is 10.2 Å². The van der Waals surface area contributed by atoms with Gasteiger partial charge in [0.1, 0.15) is 6.54 Å². The highest BCUT2D eigenvalue weighted by atomic mass is 32.1. The van der Waals surface area contributed by atoms with E-state index in [1.54, 1.807) is 18.2 Å². The third-order valence-corrected chi connectivity index (χ3v) is 3.10. The van der Waals surface area contributed by atoms with Crippen molar-refractivity contribution in [2.24, 2.45) is 0 Å². The number of carboxylic acid groups (broad SMARTS) is 1. The molecule has 0 aliphatic heterocycles. The lowest BCUT2D eigenvalue weighted by Crippen LogP contribution is -2.31. The SMILES string of the molecule is O=C(O)NCC(=O)Nc1nc2ccc(NO)cc2s1. The Bertz CT molecular complexity index is 627. The first-order valence-corrected chi connectivity index (χ1v) is 5.97. The molecule has 9 heteroatoms. The molecule has 2 rings (SSSR count). The lowest BCUT2D eigenvalue weighted by atomic mass is 10.3. The number of thiazole rings is 1. The average molecular weight is 282 g/mol. The van der Waals surface area contributed by atoms with E-state index in [2.05, 4.69) is 10.3 Å². The smallest absolute Gasteiger partial charge is 0.405 e. The molecule has 0 fully saturated rings. The van der Waals surface area contributed by atoms with Crippen LogP contribution in [0.1, 0.15) is 0 Å². The number of amides is 2. The summed E-state index contributed by atoms with van der Waals surface area (Å²) in [5.74, 6) is -0.498. The summed E-state index contributed by atoms with van der Waals surface area (Å²) in [6, 6.07) is 5.01. The van der Waals surface area contributed by atoms with E-state index >= 15 is 0 Å². The molecule has 5 N–H and O–H groups in total. The number of nitrogens with zero attached hydrogens (tertiary/aromatic N) is 1. The van der Waals surface area contributed by atoms with Crippen LogP contribution < -0.4 is 16.1 Å². The minimum atomic E-state index is -1.27. The van der Waals surface area contributed by atoms with Crippen LogP contribution in [0.4, 0.5) is 15.6 Å². The summed E-state index contributed by atoms with van der Waals surface area (Å²) >= 11 is 1.22. The number of aromatic nitrogens is 1. The Morgan fingerprint density at radius 1 is 1.37 bits per heavy atom. The van der Waals surface area contributed by atoms with Crippen LogP contribution in [0.15, 0.2) is 18.2 Å². The molecule has 0 aliphatic carbocycles. The quantitative estimate of drug-likeness (QED) is 0.538. The van der Waals surface area contributed by atoms with Gasteiger partial charge in [0.15, 0.2) is 5.13 Å². The number of rotatable bonds is 4. The van der Waals surface area contributed by atoms with E-state index in [-0.39, 0.29) is 6.54 Å². The molecule has 1 aromatic heterocycles. The van der Waals surface area contributed by atoms with Crippen molar-refractivity contribution in [3.8, 4) is 0 Å². The lowest BCUT2D eigenvalue weighted by Gasteiger charge is -2.00. The minimum Gasteiger partial charge on any atom is -0.465 e. The molecule has 1 heterocycles. The first-order valence-electron chi connectivity index (χ1n) is 5.16. The second-order valence-electron chi connectivity index (χ2n) is 3.52. The second-order valence-corrected chi connectivity index (χ2v) is 4.55. The number of carbonyl (C=O) groups excluding carboxylic acids is 1. The predicted molar refractivity (Wildman–Crippen MR) is 69.7 cm³/mol. The molecule has 0 bridgehead atoms. The Hall–Kier alpha value is -2.39. The van der Waals surface area contributed by atoms with Gasteiger partial charge in [0.2, 0.25) is 5.91 Å². The van der Waals surface area contributed by atoms with Crippen LogP contribution in [-0.4, -0.2) is 33.8 Å². The van der Waals surface area contributed by atoms with Gasteiger partial charge in [-0.2, -0.15) is 0 Å². The summed E-state index contributed by atoms with van der Waals surface area (Å²) in [6.45, 7) is -0.339. The average Bonchev–Trinajstić information content (AvgIpc) is 2.77. The maximum Gasteiger partial charge on any atom is 0.405 e. The van der Waals surface area contributed by atoms with E-state index in [4.69, 9.17) is 10.3 Å². The first-order chi connectivity index (χ1) is 9.08. The third-order valence-electron chi connectivity index (χ3n) is 2.16. The number of fused-ring (bicyclic) bond motifs is 1. The third kappa shape index (κ3) is 3.30. The van der Waals surface area contributed by atoms with Crippen molar-refractivity contribution in [3.63, 3.8) is 0 Å². The van der Waals surface area contributed by atoms with Crippen molar-refractivity contribution >= 4 is 44.4 Å². The molecule has 0 spiro atoms. The van der Waals surface area contributed by atoms with Gasteiger partial charge in [-0.1, -0.05) is 11.3 Å². The number of carbonyl (C=O) groups is 2. The zero-order chi connectivity index (χ0) is 13.8. The maximum atomic E-state index is 11.4.